The van der Waals surface area contributed by atoms with E-state index in [0.29, 0.717) is 23.4 Å². The van der Waals surface area contributed by atoms with E-state index in [2.05, 4.69) is 40.4 Å². The molecule has 2 heterocycles. The zero-order valence-corrected chi connectivity index (χ0v) is 15.6. The smallest absolute Gasteiger partial charge is 0.209 e. The third-order valence-electron chi connectivity index (χ3n) is 3.79. The summed E-state index contributed by atoms with van der Waals surface area (Å²) >= 11 is 1.29. The molecule has 26 heavy (non-hydrogen) atoms. The lowest BCUT2D eigenvalue weighted by molar-refractivity contribution is 0.419. The maximum absolute atomic E-state index is 10.5. The first-order valence-corrected chi connectivity index (χ1v) is 9.12. The van der Waals surface area contributed by atoms with Crippen molar-refractivity contribution >= 4 is 28.4 Å². The van der Waals surface area contributed by atoms with Gasteiger partial charge >= 0.3 is 0 Å². The maximum atomic E-state index is 10.5. The van der Waals surface area contributed by atoms with Gasteiger partial charge in [-0.05, 0) is 28.5 Å². The van der Waals surface area contributed by atoms with Gasteiger partial charge in [0.2, 0.25) is 5.16 Å². The van der Waals surface area contributed by atoms with E-state index in [1.807, 2.05) is 31.3 Å². The molecule has 1 aromatic carbocycles. The molecular formula is C17H19N7OS. The number of thioether (sulfide) groups is 1. The van der Waals surface area contributed by atoms with E-state index in [1.54, 1.807) is 9.25 Å². The number of aromatic nitrogens is 6. The SMILES string of the molecule is CC(C)Cn1nnnc1SC/C(O)=C(\C#N)c1nc2ccccc2n1C. The standard InChI is InChI=1S/C17H19N7OS/c1-11(2)9-24-17(20-21-22-24)26-10-15(25)12(8-18)16-19-13-6-4-5-7-14(13)23(16)3/h4-7,11,25H,9-10H2,1-3H3/b15-12-. The molecule has 0 bridgehead atoms. The Morgan fingerprint density at radius 2 is 2.12 bits per heavy atom. The van der Waals surface area contributed by atoms with E-state index in [-0.39, 0.29) is 17.1 Å². The van der Waals surface area contributed by atoms with Crippen molar-refractivity contribution < 1.29 is 5.11 Å². The fourth-order valence-corrected chi connectivity index (χ4v) is 3.34. The second kappa shape index (κ2) is 7.58. The summed E-state index contributed by atoms with van der Waals surface area (Å²) in [6, 6.07) is 9.67. The number of aliphatic hydroxyl groups excluding tert-OH is 1. The number of nitriles is 1. The van der Waals surface area contributed by atoms with Crippen molar-refractivity contribution in [1.82, 2.24) is 29.8 Å². The maximum Gasteiger partial charge on any atom is 0.209 e. The highest BCUT2D eigenvalue weighted by molar-refractivity contribution is 7.99. The highest BCUT2D eigenvalue weighted by Crippen LogP contribution is 2.25. The topological polar surface area (TPSA) is 105 Å². The molecule has 3 aromatic rings. The number of rotatable bonds is 6. The van der Waals surface area contributed by atoms with Gasteiger partial charge in [-0.3, -0.25) is 0 Å². The number of fused-ring (bicyclic) bond motifs is 1. The Morgan fingerprint density at radius 3 is 2.81 bits per heavy atom. The molecule has 3 rings (SSSR count). The number of para-hydroxylation sites is 2. The number of imidazole rings is 1. The van der Waals surface area contributed by atoms with E-state index < -0.39 is 0 Å². The van der Waals surface area contributed by atoms with Crippen molar-refractivity contribution in [3.63, 3.8) is 0 Å². The molecule has 0 spiro atoms. The van der Waals surface area contributed by atoms with Gasteiger partial charge in [-0.2, -0.15) is 5.26 Å². The van der Waals surface area contributed by atoms with Crippen molar-refractivity contribution in [3.8, 4) is 6.07 Å². The van der Waals surface area contributed by atoms with E-state index in [1.165, 1.54) is 11.8 Å². The van der Waals surface area contributed by atoms with Gasteiger partial charge in [0.05, 0.1) is 16.8 Å². The molecule has 1 N–H and O–H groups in total. The minimum absolute atomic E-state index is 0.0463. The highest BCUT2D eigenvalue weighted by Gasteiger charge is 2.17. The van der Waals surface area contributed by atoms with E-state index >= 15 is 0 Å². The second-order valence-corrected chi connectivity index (χ2v) is 7.19. The van der Waals surface area contributed by atoms with Crippen LogP contribution < -0.4 is 0 Å². The summed E-state index contributed by atoms with van der Waals surface area (Å²) in [6.45, 7) is 4.84. The van der Waals surface area contributed by atoms with Crippen molar-refractivity contribution in [3.05, 3.63) is 35.8 Å². The predicted molar refractivity (Wildman–Crippen MR) is 99.3 cm³/mol. The fraction of sp³-hybridized carbons (Fsp3) is 0.353. The first kappa shape index (κ1) is 17.9. The molecular weight excluding hydrogens is 350 g/mol. The molecule has 0 atom stereocenters. The number of allylic oxidation sites excluding steroid dienone is 1. The van der Waals surface area contributed by atoms with Crippen LogP contribution in [0.4, 0.5) is 0 Å². The van der Waals surface area contributed by atoms with Gasteiger partial charge in [-0.15, -0.1) is 5.10 Å². The Bertz CT molecular complexity index is 996. The molecule has 0 unspecified atom stereocenters. The number of aryl methyl sites for hydroxylation is 1. The molecule has 0 aliphatic carbocycles. The zero-order valence-electron chi connectivity index (χ0n) is 14.8. The number of hydrogen-bond acceptors (Lipinski definition) is 7. The summed E-state index contributed by atoms with van der Waals surface area (Å²) in [5, 5.41) is 32.3. The molecule has 134 valence electrons. The molecule has 8 nitrogen and oxygen atoms in total. The Morgan fingerprint density at radius 1 is 1.35 bits per heavy atom. The largest absolute Gasteiger partial charge is 0.510 e. The summed E-state index contributed by atoms with van der Waals surface area (Å²) in [6.07, 6.45) is 0. The number of tetrazole rings is 1. The summed E-state index contributed by atoms with van der Waals surface area (Å²) in [5.41, 5.74) is 1.83. The lowest BCUT2D eigenvalue weighted by atomic mass is 10.2. The first-order chi connectivity index (χ1) is 12.5. The molecule has 9 heteroatoms. The quantitative estimate of drug-likeness (QED) is 0.404. The molecule has 0 saturated carbocycles. The molecule has 0 amide bonds. The highest BCUT2D eigenvalue weighted by atomic mass is 32.2. The van der Waals surface area contributed by atoms with Crippen LogP contribution >= 0.6 is 11.8 Å². The van der Waals surface area contributed by atoms with Gasteiger partial charge in [0.15, 0.2) is 5.82 Å². The second-order valence-electron chi connectivity index (χ2n) is 6.24. The third-order valence-corrected chi connectivity index (χ3v) is 4.75. The fourth-order valence-electron chi connectivity index (χ4n) is 2.58. The Balaban J connectivity index is 1.86. The lowest BCUT2D eigenvalue weighted by Gasteiger charge is -2.07. The van der Waals surface area contributed by atoms with Crippen LogP contribution in [0.25, 0.3) is 16.6 Å². The van der Waals surface area contributed by atoms with Gasteiger partial charge in [0, 0.05) is 13.6 Å². The Hall–Kier alpha value is -2.86. The van der Waals surface area contributed by atoms with Crippen LogP contribution in [0, 0.1) is 17.2 Å². The van der Waals surface area contributed by atoms with Gasteiger partial charge < -0.3 is 9.67 Å². The number of benzene rings is 1. The van der Waals surface area contributed by atoms with Gasteiger partial charge in [0.25, 0.3) is 0 Å². The first-order valence-electron chi connectivity index (χ1n) is 8.14. The van der Waals surface area contributed by atoms with Crippen LogP contribution in [0.3, 0.4) is 0 Å². The van der Waals surface area contributed by atoms with Crippen molar-refractivity contribution in [2.75, 3.05) is 5.75 Å². The lowest BCUT2D eigenvalue weighted by Crippen LogP contribution is -2.08. The summed E-state index contributed by atoms with van der Waals surface area (Å²) in [5.74, 6) is 0.977. The summed E-state index contributed by atoms with van der Waals surface area (Å²) < 4.78 is 3.50. The average molecular weight is 369 g/mol. The van der Waals surface area contributed by atoms with Crippen LogP contribution in [-0.2, 0) is 13.6 Å². The van der Waals surface area contributed by atoms with E-state index in [0.717, 1.165) is 11.0 Å². The Kier molecular flexibility index (Phi) is 5.23. The van der Waals surface area contributed by atoms with Crippen LogP contribution in [-0.4, -0.2) is 40.6 Å². The van der Waals surface area contributed by atoms with Crippen LogP contribution in [0.1, 0.15) is 19.7 Å². The molecule has 0 saturated heterocycles. The van der Waals surface area contributed by atoms with Gasteiger partial charge in [-0.1, -0.05) is 37.7 Å². The minimum atomic E-state index is -0.0463. The number of hydrogen-bond donors (Lipinski definition) is 1. The normalized spacial score (nSPS) is 12.4. The molecule has 0 aliphatic rings. The molecule has 2 aromatic heterocycles. The van der Waals surface area contributed by atoms with Crippen LogP contribution in [0.5, 0.6) is 0 Å². The molecule has 0 radical (unpaired) electrons. The van der Waals surface area contributed by atoms with Crippen molar-refractivity contribution in [2.24, 2.45) is 13.0 Å². The average Bonchev–Trinajstić information content (AvgIpc) is 3.18. The summed E-state index contributed by atoms with van der Waals surface area (Å²) in [7, 11) is 1.83. The summed E-state index contributed by atoms with van der Waals surface area (Å²) in [4.78, 5) is 4.47. The van der Waals surface area contributed by atoms with E-state index in [9.17, 15) is 10.4 Å². The van der Waals surface area contributed by atoms with Crippen LogP contribution in [0.15, 0.2) is 35.2 Å². The number of aliphatic hydroxyl groups is 1. The third kappa shape index (κ3) is 3.55. The Labute approximate surface area is 155 Å². The molecule has 0 fully saturated rings. The zero-order chi connectivity index (χ0) is 18.7. The van der Waals surface area contributed by atoms with Crippen molar-refractivity contribution in [2.45, 2.75) is 25.5 Å². The minimum Gasteiger partial charge on any atom is -0.510 e. The van der Waals surface area contributed by atoms with Crippen LogP contribution in [0.2, 0.25) is 0 Å². The van der Waals surface area contributed by atoms with E-state index in [4.69, 9.17) is 0 Å². The number of nitrogens with zero attached hydrogens (tertiary/aromatic N) is 7. The van der Waals surface area contributed by atoms with Crippen molar-refractivity contribution in [1.29, 1.82) is 5.26 Å². The van der Waals surface area contributed by atoms with Gasteiger partial charge in [-0.25, -0.2) is 9.67 Å². The molecule has 0 aliphatic heterocycles. The predicted octanol–water partition coefficient (Wildman–Crippen LogP) is 2.80. The van der Waals surface area contributed by atoms with Gasteiger partial charge in [0.1, 0.15) is 17.4 Å². The monoisotopic (exact) mass is 369 g/mol.